The van der Waals surface area contributed by atoms with Gasteiger partial charge in [0, 0.05) is 11.8 Å². The van der Waals surface area contributed by atoms with Gasteiger partial charge in [0.15, 0.2) is 0 Å². The van der Waals surface area contributed by atoms with Crippen molar-refractivity contribution in [2.75, 3.05) is 31.0 Å². The average Bonchev–Trinajstić information content (AvgIpc) is 3.16. The molecule has 2 aliphatic rings. The number of benzene rings is 2. The van der Waals surface area contributed by atoms with Gasteiger partial charge in [-0.15, -0.1) is 0 Å². The molecule has 0 bridgehead atoms. The number of carbonyl (C=O) groups is 2. The normalized spacial score (nSPS) is 17.7. The van der Waals surface area contributed by atoms with E-state index in [2.05, 4.69) is 5.32 Å². The molecule has 4 rings (SSSR count). The number of fused-ring (bicyclic) bond motifs is 2. The molecule has 1 atom stereocenters. The standard InChI is InChI=1S/C22H23N3O4/c1-28-14-10-11-20(29-2)18(12-14)24-21(26)13-25-19-9-4-3-7-17(19)23-16-8-5-6-15(16)22(25)27/h3-4,7,9-12,15H,5-6,8,13H2,1-2H3,(H,24,26)/t15-/m0/s1. The van der Waals surface area contributed by atoms with Gasteiger partial charge in [-0.2, -0.15) is 0 Å². The van der Waals surface area contributed by atoms with Crippen molar-refractivity contribution in [1.82, 2.24) is 0 Å². The zero-order valence-corrected chi connectivity index (χ0v) is 16.5. The molecule has 0 saturated heterocycles. The van der Waals surface area contributed by atoms with E-state index in [0.717, 1.165) is 30.7 Å². The zero-order chi connectivity index (χ0) is 20.4. The Hall–Kier alpha value is -3.35. The summed E-state index contributed by atoms with van der Waals surface area (Å²) in [4.78, 5) is 32.4. The van der Waals surface area contributed by atoms with E-state index in [0.29, 0.717) is 22.9 Å². The number of hydrogen-bond acceptors (Lipinski definition) is 5. The molecule has 2 aromatic carbocycles. The fraction of sp³-hybridized carbons (Fsp3) is 0.318. The monoisotopic (exact) mass is 393 g/mol. The first-order valence-corrected chi connectivity index (χ1v) is 9.60. The minimum atomic E-state index is -0.318. The molecule has 1 fully saturated rings. The maximum Gasteiger partial charge on any atom is 0.244 e. The van der Waals surface area contributed by atoms with Gasteiger partial charge >= 0.3 is 0 Å². The Morgan fingerprint density at radius 1 is 1.21 bits per heavy atom. The van der Waals surface area contributed by atoms with Crippen LogP contribution in [0, 0.1) is 5.92 Å². The summed E-state index contributed by atoms with van der Waals surface area (Å²) in [5, 5.41) is 2.84. The van der Waals surface area contributed by atoms with Crippen LogP contribution in [0.15, 0.2) is 47.5 Å². The Morgan fingerprint density at radius 2 is 2.03 bits per heavy atom. The number of methoxy groups -OCH3 is 2. The predicted molar refractivity (Wildman–Crippen MR) is 111 cm³/mol. The fourth-order valence-corrected chi connectivity index (χ4v) is 3.88. The van der Waals surface area contributed by atoms with Crippen LogP contribution in [-0.4, -0.2) is 38.3 Å². The second-order valence-corrected chi connectivity index (χ2v) is 7.08. The van der Waals surface area contributed by atoms with Crippen molar-refractivity contribution in [2.24, 2.45) is 10.9 Å². The summed E-state index contributed by atoms with van der Waals surface area (Å²) in [6.45, 7) is -0.102. The number of nitrogens with zero attached hydrogens (tertiary/aromatic N) is 2. The van der Waals surface area contributed by atoms with Crippen LogP contribution in [0.2, 0.25) is 0 Å². The molecule has 0 aromatic heterocycles. The van der Waals surface area contributed by atoms with Gasteiger partial charge in [0.2, 0.25) is 11.8 Å². The average molecular weight is 393 g/mol. The minimum absolute atomic E-state index is 0.0704. The zero-order valence-electron chi connectivity index (χ0n) is 16.5. The molecule has 1 aliphatic heterocycles. The largest absolute Gasteiger partial charge is 0.497 e. The molecule has 1 aliphatic carbocycles. The third kappa shape index (κ3) is 3.68. The Morgan fingerprint density at radius 3 is 2.83 bits per heavy atom. The summed E-state index contributed by atoms with van der Waals surface area (Å²) < 4.78 is 10.5. The lowest BCUT2D eigenvalue weighted by Gasteiger charge is -2.24. The van der Waals surface area contributed by atoms with Crippen LogP contribution in [-0.2, 0) is 9.59 Å². The molecule has 1 N–H and O–H groups in total. The fourth-order valence-electron chi connectivity index (χ4n) is 3.88. The highest BCUT2D eigenvalue weighted by atomic mass is 16.5. The number of rotatable bonds is 5. The summed E-state index contributed by atoms with van der Waals surface area (Å²) in [6.07, 6.45) is 2.54. The SMILES string of the molecule is COc1ccc(OC)c(NC(=O)CN2C(=O)[C@H]3CCCC3=Nc3ccccc32)c1. The molecule has 2 amide bonds. The summed E-state index contributed by atoms with van der Waals surface area (Å²) in [6, 6.07) is 12.6. The number of hydrogen-bond donors (Lipinski definition) is 1. The maximum absolute atomic E-state index is 13.2. The van der Waals surface area contributed by atoms with Crippen LogP contribution in [0.5, 0.6) is 11.5 Å². The van der Waals surface area contributed by atoms with Gasteiger partial charge in [-0.3, -0.25) is 14.6 Å². The van der Waals surface area contributed by atoms with Crippen molar-refractivity contribution in [1.29, 1.82) is 0 Å². The molecule has 1 heterocycles. The highest BCUT2D eigenvalue weighted by Crippen LogP contribution is 2.38. The molecule has 7 nitrogen and oxygen atoms in total. The van der Waals surface area contributed by atoms with E-state index in [9.17, 15) is 9.59 Å². The predicted octanol–water partition coefficient (Wildman–Crippen LogP) is 3.56. The smallest absolute Gasteiger partial charge is 0.244 e. The van der Waals surface area contributed by atoms with Crippen molar-refractivity contribution in [3.8, 4) is 11.5 Å². The lowest BCUT2D eigenvalue weighted by molar-refractivity contribution is -0.123. The van der Waals surface area contributed by atoms with Crippen LogP contribution in [0.25, 0.3) is 0 Å². The van der Waals surface area contributed by atoms with Crippen molar-refractivity contribution >= 4 is 34.6 Å². The first-order chi connectivity index (χ1) is 14.1. The highest BCUT2D eigenvalue weighted by Gasteiger charge is 2.37. The quantitative estimate of drug-likeness (QED) is 0.842. The van der Waals surface area contributed by atoms with Crippen molar-refractivity contribution < 1.29 is 19.1 Å². The molecule has 29 heavy (non-hydrogen) atoms. The number of anilines is 2. The highest BCUT2D eigenvalue weighted by molar-refractivity contribution is 6.16. The van der Waals surface area contributed by atoms with E-state index in [1.165, 1.54) is 7.11 Å². The van der Waals surface area contributed by atoms with Gasteiger partial charge in [0.25, 0.3) is 0 Å². The van der Waals surface area contributed by atoms with Gasteiger partial charge < -0.3 is 19.7 Å². The van der Waals surface area contributed by atoms with E-state index >= 15 is 0 Å². The van der Waals surface area contributed by atoms with Gasteiger partial charge in [0.05, 0.1) is 37.2 Å². The first-order valence-electron chi connectivity index (χ1n) is 9.60. The Kier molecular flexibility index (Phi) is 5.20. The molecule has 0 radical (unpaired) electrons. The summed E-state index contributed by atoms with van der Waals surface area (Å²) in [5.41, 5.74) is 2.80. The molecule has 0 spiro atoms. The van der Waals surface area contributed by atoms with Crippen LogP contribution in [0.3, 0.4) is 0 Å². The molecule has 2 aromatic rings. The summed E-state index contributed by atoms with van der Waals surface area (Å²) in [5.74, 6) is 0.478. The Balaban J connectivity index is 1.60. The topological polar surface area (TPSA) is 80.2 Å². The molecular weight excluding hydrogens is 370 g/mol. The van der Waals surface area contributed by atoms with E-state index < -0.39 is 0 Å². The second kappa shape index (κ2) is 7.95. The number of aliphatic imine (C=N–C) groups is 1. The summed E-state index contributed by atoms with van der Waals surface area (Å²) >= 11 is 0. The molecule has 7 heteroatoms. The van der Waals surface area contributed by atoms with Crippen molar-refractivity contribution in [2.45, 2.75) is 19.3 Å². The molecule has 0 unspecified atom stereocenters. The number of ether oxygens (including phenoxy) is 2. The van der Waals surface area contributed by atoms with Crippen LogP contribution < -0.4 is 19.7 Å². The van der Waals surface area contributed by atoms with E-state index in [4.69, 9.17) is 14.5 Å². The van der Waals surface area contributed by atoms with Gasteiger partial charge in [0.1, 0.15) is 18.0 Å². The molecular formula is C22H23N3O4. The van der Waals surface area contributed by atoms with Crippen molar-refractivity contribution in [3.63, 3.8) is 0 Å². The van der Waals surface area contributed by atoms with Crippen LogP contribution >= 0.6 is 0 Å². The van der Waals surface area contributed by atoms with Gasteiger partial charge in [-0.05, 0) is 43.5 Å². The van der Waals surface area contributed by atoms with E-state index in [1.54, 1.807) is 30.2 Å². The van der Waals surface area contributed by atoms with E-state index in [1.807, 2.05) is 24.3 Å². The molecule has 150 valence electrons. The van der Waals surface area contributed by atoms with Gasteiger partial charge in [-0.25, -0.2) is 0 Å². The lowest BCUT2D eigenvalue weighted by Crippen LogP contribution is -2.41. The van der Waals surface area contributed by atoms with Crippen molar-refractivity contribution in [3.05, 3.63) is 42.5 Å². The third-order valence-corrected chi connectivity index (χ3v) is 5.31. The number of amides is 2. The Bertz CT molecular complexity index is 986. The maximum atomic E-state index is 13.2. The molecule has 1 saturated carbocycles. The van der Waals surface area contributed by atoms with E-state index in [-0.39, 0.29) is 24.3 Å². The summed E-state index contributed by atoms with van der Waals surface area (Å²) in [7, 11) is 3.09. The second-order valence-electron chi connectivity index (χ2n) is 7.08. The Labute approximate surface area is 169 Å². The third-order valence-electron chi connectivity index (χ3n) is 5.31. The first kappa shape index (κ1) is 19.0. The number of carbonyl (C=O) groups excluding carboxylic acids is 2. The lowest BCUT2D eigenvalue weighted by atomic mass is 10.1. The number of para-hydroxylation sites is 2. The van der Waals surface area contributed by atoms with Crippen LogP contribution in [0.1, 0.15) is 19.3 Å². The van der Waals surface area contributed by atoms with Crippen LogP contribution in [0.4, 0.5) is 17.1 Å². The number of nitrogens with one attached hydrogen (secondary N) is 1. The van der Waals surface area contributed by atoms with Gasteiger partial charge in [-0.1, -0.05) is 12.1 Å². The minimum Gasteiger partial charge on any atom is -0.497 e.